The van der Waals surface area contributed by atoms with E-state index in [1.54, 1.807) is 6.08 Å². The fourth-order valence-electron chi connectivity index (χ4n) is 2.69. The summed E-state index contributed by atoms with van der Waals surface area (Å²) in [5.41, 5.74) is 0.999. The zero-order valence-electron chi connectivity index (χ0n) is 12.1. The summed E-state index contributed by atoms with van der Waals surface area (Å²) < 4.78 is 0.926. The number of hydrogen-bond acceptors (Lipinski definition) is 2. The van der Waals surface area contributed by atoms with E-state index < -0.39 is 0 Å². The molecule has 4 heteroatoms. The van der Waals surface area contributed by atoms with Crippen LogP contribution in [0.3, 0.4) is 0 Å². The first-order chi connectivity index (χ1) is 10.1. The number of rotatable bonds is 3. The van der Waals surface area contributed by atoms with E-state index in [1.807, 2.05) is 30.3 Å². The SMILES string of the molecule is C[C@@H]1CCCC[C@@H]1NC(=O)/C(C#N)=C/c1cccc(Br)c1. The zero-order chi connectivity index (χ0) is 15.2. The van der Waals surface area contributed by atoms with Gasteiger partial charge >= 0.3 is 0 Å². The number of carbonyl (C=O) groups excluding carboxylic acids is 1. The third-order valence-corrected chi connectivity index (χ3v) is 4.45. The van der Waals surface area contributed by atoms with Crippen LogP contribution < -0.4 is 5.32 Å². The molecule has 0 spiro atoms. The Morgan fingerprint density at radius 3 is 2.86 bits per heavy atom. The molecule has 1 fully saturated rings. The lowest BCUT2D eigenvalue weighted by Gasteiger charge is -2.29. The summed E-state index contributed by atoms with van der Waals surface area (Å²) in [5.74, 6) is 0.213. The normalized spacial score (nSPS) is 22.4. The van der Waals surface area contributed by atoms with Crippen molar-refractivity contribution in [3.63, 3.8) is 0 Å². The lowest BCUT2D eigenvalue weighted by atomic mass is 9.86. The second-order valence-corrected chi connectivity index (χ2v) is 6.48. The van der Waals surface area contributed by atoms with Gasteiger partial charge < -0.3 is 5.32 Å². The van der Waals surface area contributed by atoms with Gasteiger partial charge in [0.05, 0.1) is 0 Å². The van der Waals surface area contributed by atoms with E-state index in [0.29, 0.717) is 5.92 Å². The number of carbonyl (C=O) groups is 1. The third kappa shape index (κ3) is 4.44. The van der Waals surface area contributed by atoms with Crippen LogP contribution in [0.1, 0.15) is 38.2 Å². The number of halogens is 1. The maximum Gasteiger partial charge on any atom is 0.262 e. The second-order valence-electron chi connectivity index (χ2n) is 5.57. The standard InChI is InChI=1S/C17H19BrN2O/c1-12-5-2-3-8-16(12)20-17(21)14(11-19)9-13-6-4-7-15(18)10-13/h4,6-7,9-10,12,16H,2-3,5,8H2,1H3,(H,20,21)/b14-9+/t12-,16+/m1/s1. The molecule has 3 nitrogen and oxygen atoms in total. The highest BCUT2D eigenvalue weighted by atomic mass is 79.9. The van der Waals surface area contributed by atoms with Gasteiger partial charge in [-0.1, -0.05) is 47.8 Å². The Bertz CT molecular complexity index is 589. The Balaban J connectivity index is 2.10. The Labute approximate surface area is 134 Å². The van der Waals surface area contributed by atoms with Gasteiger partial charge in [-0.25, -0.2) is 0 Å². The smallest absolute Gasteiger partial charge is 0.262 e. The summed E-state index contributed by atoms with van der Waals surface area (Å²) in [5, 5.41) is 12.2. The van der Waals surface area contributed by atoms with Gasteiger partial charge in [0.2, 0.25) is 0 Å². The van der Waals surface area contributed by atoms with Crippen LogP contribution >= 0.6 is 15.9 Å². The second kappa shape index (κ2) is 7.42. The van der Waals surface area contributed by atoms with Crippen LogP contribution in [0, 0.1) is 17.2 Å². The minimum absolute atomic E-state index is 0.158. The van der Waals surface area contributed by atoms with Crippen LogP contribution in [0.4, 0.5) is 0 Å². The Kier molecular flexibility index (Phi) is 5.58. The Morgan fingerprint density at radius 1 is 1.43 bits per heavy atom. The number of benzene rings is 1. The number of hydrogen-bond donors (Lipinski definition) is 1. The van der Waals surface area contributed by atoms with Crippen LogP contribution in [0.2, 0.25) is 0 Å². The quantitative estimate of drug-likeness (QED) is 0.662. The van der Waals surface area contributed by atoms with Crippen LogP contribution in [0.25, 0.3) is 6.08 Å². The molecule has 1 N–H and O–H groups in total. The maximum atomic E-state index is 12.3. The van der Waals surface area contributed by atoms with Crippen molar-refractivity contribution in [2.45, 2.75) is 38.6 Å². The summed E-state index contributed by atoms with van der Waals surface area (Å²) in [6.07, 6.45) is 6.15. The van der Waals surface area contributed by atoms with Crippen LogP contribution in [-0.4, -0.2) is 11.9 Å². The highest BCUT2D eigenvalue weighted by Gasteiger charge is 2.23. The largest absolute Gasteiger partial charge is 0.348 e. The zero-order valence-corrected chi connectivity index (χ0v) is 13.7. The maximum absolute atomic E-state index is 12.3. The highest BCUT2D eigenvalue weighted by Crippen LogP contribution is 2.24. The van der Waals surface area contributed by atoms with E-state index in [9.17, 15) is 10.1 Å². The summed E-state index contributed by atoms with van der Waals surface area (Å²) in [6, 6.07) is 9.74. The molecular weight excluding hydrogens is 328 g/mol. The minimum Gasteiger partial charge on any atom is -0.348 e. The van der Waals surface area contributed by atoms with Gasteiger partial charge in [0.1, 0.15) is 11.6 Å². The molecule has 0 unspecified atom stereocenters. The molecule has 1 aliphatic rings. The van der Waals surface area contributed by atoms with Gasteiger partial charge in [0, 0.05) is 10.5 Å². The Hall–Kier alpha value is -1.60. The monoisotopic (exact) mass is 346 g/mol. The minimum atomic E-state index is -0.267. The summed E-state index contributed by atoms with van der Waals surface area (Å²) in [4.78, 5) is 12.3. The number of nitriles is 1. The van der Waals surface area contributed by atoms with E-state index in [2.05, 4.69) is 28.2 Å². The third-order valence-electron chi connectivity index (χ3n) is 3.95. The molecule has 0 radical (unpaired) electrons. The number of nitrogens with zero attached hydrogens (tertiary/aromatic N) is 1. The lowest BCUT2D eigenvalue weighted by molar-refractivity contribution is -0.118. The molecule has 1 aliphatic carbocycles. The van der Waals surface area contributed by atoms with Crippen LogP contribution in [0.15, 0.2) is 34.3 Å². The predicted octanol–water partition coefficient (Wildman–Crippen LogP) is 4.05. The van der Waals surface area contributed by atoms with E-state index in [4.69, 9.17) is 0 Å². The van der Waals surface area contributed by atoms with Crippen molar-refractivity contribution in [1.29, 1.82) is 5.26 Å². The fraction of sp³-hybridized carbons (Fsp3) is 0.412. The molecule has 110 valence electrons. The predicted molar refractivity (Wildman–Crippen MR) is 87.3 cm³/mol. The summed E-state index contributed by atoms with van der Waals surface area (Å²) >= 11 is 3.39. The van der Waals surface area contributed by atoms with E-state index in [1.165, 1.54) is 6.42 Å². The average molecular weight is 347 g/mol. The molecule has 2 rings (SSSR count). The van der Waals surface area contributed by atoms with Crippen molar-refractivity contribution in [2.24, 2.45) is 5.92 Å². The molecule has 1 aromatic carbocycles. The van der Waals surface area contributed by atoms with E-state index in [-0.39, 0.29) is 17.5 Å². The van der Waals surface area contributed by atoms with Crippen molar-refractivity contribution >= 4 is 27.9 Å². The van der Waals surface area contributed by atoms with Crippen molar-refractivity contribution < 1.29 is 4.79 Å². The molecule has 2 atom stereocenters. The van der Waals surface area contributed by atoms with Gasteiger partial charge in [0.15, 0.2) is 0 Å². The molecular formula is C17H19BrN2O. The molecule has 1 aromatic rings. The van der Waals surface area contributed by atoms with Gasteiger partial charge in [-0.3, -0.25) is 4.79 Å². The molecule has 0 saturated heterocycles. The average Bonchev–Trinajstić information content (AvgIpc) is 2.47. The topological polar surface area (TPSA) is 52.9 Å². The number of nitrogens with one attached hydrogen (secondary N) is 1. The Morgan fingerprint density at radius 2 is 2.19 bits per heavy atom. The van der Waals surface area contributed by atoms with Crippen molar-refractivity contribution in [2.75, 3.05) is 0 Å². The van der Waals surface area contributed by atoms with Gasteiger partial charge in [-0.2, -0.15) is 5.26 Å². The van der Waals surface area contributed by atoms with Crippen LogP contribution in [0.5, 0.6) is 0 Å². The van der Waals surface area contributed by atoms with Crippen LogP contribution in [-0.2, 0) is 4.79 Å². The summed E-state index contributed by atoms with van der Waals surface area (Å²) in [6.45, 7) is 2.16. The molecule has 1 amide bonds. The summed E-state index contributed by atoms with van der Waals surface area (Å²) in [7, 11) is 0. The highest BCUT2D eigenvalue weighted by molar-refractivity contribution is 9.10. The first kappa shape index (κ1) is 15.8. The van der Waals surface area contributed by atoms with E-state index >= 15 is 0 Å². The van der Waals surface area contributed by atoms with Crippen molar-refractivity contribution in [3.05, 3.63) is 39.9 Å². The molecule has 0 aliphatic heterocycles. The molecule has 1 saturated carbocycles. The van der Waals surface area contributed by atoms with E-state index in [0.717, 1.165) is 29.3 Å². The van der Waals surface area contributed by atoms with Crippen molar-refractivity contribution in [1.82, 2.24) is 5.32 Å². The lowest BCUT2D eigenvalue weighted by Crippen LogP contribution is -2.41. The first-order valence-electron chi connectivity index (χ1n) is 7.28. The fourth-order valence-corrected chi connectivity index (χ4v) is 3.11. The van der Waals surface area contributed by atoms with Gasteiger partial charge in [-0.15, -0.1) is 0 Å². The van der Waals surface area contributed by atoms with Crippen molar-refractivity contribution in [3.8, 4) is 6.07 Å². The first-order valence-corrected chi connectivity index (χ1v) is 8.07. The van der Waals surface area contributed by atoms with Gasteiger partial charge in [-0.05, 0) is 42.5 Å². The molecule has 0 bridgehead atoms. The van der Waals surface area contributed by atoms with Gasteiger partial charge in [0.25, 0.3) is 5.91 Å². The molecule has 0 aromatic heterocycles. The number of amides is 1. The molecule has 21 heavy (non-hydrogen) atoms. The molecule has 0 heterocycles.